The lowest BCUT2D eigenvalue weighted by Crippen LogP contribution is -2.44. The minimum atomic E-state index is -2.10. The molecule has 0 aliphatic carbocycles. The van der Waals surface area contributed by atoms with E-state index < -0.39 is 31.9 Å². The fourth-order valence-electron chi connectivity index (χ4n) is 1.98. The Morgan fingerprint density at radius 1 is 1.33 bits per heavy atom. The van der Waals surface area contributed by atoms with Gasteiger partial charge in [-0.1, -0.05) is 26.8 Å². The molecule has 0 bridgehead atoms. The molecule has 2 atom stereocenters. The first kappa shape index (κ1) is 23.5. The molecule has 2 unspecified atom stereocenters. The lowest BCUT2D eigenvalue weighted by atomic mass is 10.2. The Bertz CT molecular complexity index is 707. The predicted molar refractivity (Wildman–Crippen MR) is 106 cm³/mol. The normalized spacial score (nSPS) is 14.7. The number of hydrogen-bond acceptors (Lipinski definition) is 6. The van der Waals surface area contributed by atoms with Crippen LogP contribution in [0.25, 0.3) is 0 Å². The van der Waals surface area contributed by atoms with E-state index in [0.717, 1.165) is 0 Å². The van der Waals surface area contributed by atoms with Gasteiger partial charge in [-0.3, -0.25) is 14.3 Å². The molecule has 154 valence electrons. The van der Waals surface area contributed by atoms with Crippen LogP contribution >= 0.6 is 0 Å². The Labute approximate surface area is 160 Å². The van der Waals surface area contributed by atoms with E-state index in [2.05, 4.69) is 45.4 Å². The molecule has 0 radical (unpaired) electrons. The molecule has 1 rings (SSSR count). The number of aromatic amines is 1. The first-order valence-electron chi connectivity index (χ1n) is 8.92. The number of aliphatic hydroxyl groups is 1. The van der Waals surface area contributed by atoms with Gasteiger partial charge >= 0.3 is 5.69 Å². The van der Waals surface area contributed by atoms with Crippen LogP contribution in [0.1, 0.15) is 27.0 Å². The maximum Gasteiger partial charge on any atom is 0.330 e. The Kier molecular flexibility index (Phi) is 8.83. The minimum Gasteiger partial charge on any atom is -0.412 e. The zero-order valence-corrected chi connectivity index (χ0v) is 17.9. The van der Waals surface area contributed by atoms with E-state index in [4.69, 9.17) is 13.9 Å². The molecule has 27 heavy (non-hydrogen) atoms. The molecule has 0 saturated carbocycles. The molecule has 0 aliphatic rings. The molecule has 0 amide bonds. The average Bonchev–Trinajstić information content (AvgIpc) is 2.56. The summed E-state index contributed by atoms with van der Waals surface area (Å²) in [5.41, 5.74) is -1.09. The van der Waals surface area contributed by atoms with Crippen molar-refractivity contribution in [1.82, 2.24) is 9.55 Å². The third-order valence-electron chi connectivity index (χ3n) is 4.65. The molecule has 0 fully saturated rings. The standard InChI is InChI=1S/C18H32N2O6Si/c1-7-10-24-12-14(11-21)26-16(13-25-27(5,6)18(2,3)4)20-9-8-15(22)19-17(20)23/h7-9,14,16,21H,1,10-13H2,2-6H3,(H,19,22,23). The van der Waals surface area contributed by atoms with Crippen LogP contribution in [0.15, 0.2) is 34.5 Å². The smallest absolute Gasteiger partial charge is 0.330 e. The summed E-state index contributed by atoms with van der Waals surface area (Å²) < 4.78 is 18.7. The van der Waals surface area contributed by atoms with Crippen LogP contribution in [0.3, 0.4) is 0 Å². The van der Waals surface area contributed by atoms with Crippen LogP contribution in [-0.2, 0) is 13.9 Å². The van der Waals surface area contributed by atoms with Gasteiger partial charge in [0.05, 0.1) is 26.4 Å². The molecule has 0 aliphatic heterocycles. The second kappa shape index (κ2) is 10.1. The molecule has 1 aromatic rings. The van der Waals surface area contributed by atoms with Crippen molar-refractivity contribution in [3.05, 3.63) is 45.8 Å². The van der Waals surface area contributed by atoms with Gasteiger partial charge in [-0.2, -0.15) is 0 Å². The summed E-state index contributed by atoms with van der Waals surface area (Å²) in [4.78, 5) is 25.8. The van der Waals surface area contributed by atoms with E-state index in [0.29, 0.717) is 6.61 Å². The fourth-order valence-corrected chi connectivity index (χ4v) is 2.97. The Hall–Kier alpha value is -1.52. The minimum absolute atomic E-state index is 0.0169. The number of ether oxygens (including phenoxy) is 2. The highest BCUT2D eigenvalue weighted by atomic mass is 28.4. The van der Waals surface area contributed by atoms with E-state index in [1.807, 2.05) is 0 Å². The Morgan fingerprint density at radius 2 is 2.00 bits per heavy atom. The molecular formula is C18H32N2O6Si. The Morgan fingerprint density at radius 3 is 2.52 bits per heavy atom. The quantitative estimate of drug-likeness (QED) is 0.333. The second-order valence-electron chi connectivity index (χ2n) is 7.81. The number of rotatable bonds is 11. The Balaban J connectivity index is 3.03. The number of nitrogens with one attached hydrogen (secondary N) is 1. The fraction of sp³-hybridized carbons (Fsp3) is 0.667. The summed E-state index contributed by atoms with van der Waals surface area (Å²) in [6.07, 6.45) is 1.49. The second-order valence-corrected chi connectivity index (χ2v) is 12.6. The van der Waals surface area contributed by atoms with Crippen molar-refractivity contribution < 1.29 is 19.0 Å². The number of H-pyrrole nitrogens is 1. The van der Waals surface area contributed by atoms with Crippen LogP contribution in [0, 0.1) is 0 Å². The van der Waals surface area contributed by atoms with Crippen LogP contribution in [0.2, 0.25) is 18.1 Å². The first-order chi connectivity index (χ1) is 12.5. The van der Waals surface area contributed by atoms with Gasteiger partial charge in [0.15, 0.2) is 14.5 Å². The summed E-state index contributed by atoms with van der Waals surface area (Å²) in [6, 6.07) is 1.24. The predicted octanol–water partition coefficient (Wildman–Crippen LogP) is 1.64. The van der Waals surface area contributed by atoms with Crippen LogP contribution < -0.4 is 11.2 Å². The first-order valence-corrected chi connectivity index (χ1v) is 11.8. The lowest BCUT2D eigenvalue weighted by molar-refractivity contribution is -0.119. The van der Waals surface area contributed by atoms with Gasteiger partial charge < -0.3 is 19.0 Å². The third-order valence-corrected chi connectivity index (χ3v) is 9.15. The monoisotopic (exact) mass is 400 g/mol. The van der Waals surface area contributed by atoms with Gasteiger partial charge in [0, 0.05) is 12.3 Å². The molecule has 1 heterocycles. The van der Waals surface area contributed by atoms with E-state index in [1.165, 1.54) is 16.8 Å². The third kappa shape index (κ3) is 7.19. The SMILES string of the molecule is C=CCOCC(CO)OC(CO[Si](C)(C)C(C)(C)C)n1ccc(=O)[nH]c1=O. The zero-order chi connectivity index (χ0) is 20.7. The number of nitrogens with zero attached hydrogens (tertiary/aromatic N) is 1. The number of aromatic nitrogens is 2. The molecule has 0 saturated heterocycles. The highest BCUT2D eigenvalue weighted by Gasteiger charge is 2.38. The summed E-state index contributed by atoms with van der Waals surface area (Å²) in [7, 11) is -2.10. The van der Waals surface area contributed by atoms with Gasteiger partial charge in [0.1, 0.15) is 6.10 Å². The molecule has 9 heteroatoms. The number of aliphatic hydroxyl groups excluding tert-OH is 1. The molecule has 0 spiro atoms. The topological polar surface area (TPSA) is 103 Å². The molecule has 1 aromatic heterocycles. The van der Waals surface area contributed by atoms with Crippen molar-refractivity contribution in [2.45, 2.75) is 51.2 Å². The molecule has 0 aromatic carbocycles. The van der Waals surface area contributed by atoms with Gasteiger partial charge in [0.25, 0.3) is 5.56 Å². The molecule has 2 N–H and O–H groups in total. The van der Waals surface area contributed by atoms with Gasteiger partial charge in [-0.25, -0.2) is 4.79 Å². The van der Waals surface area contributed by atoms with E-state index in [-0.39, 0.29) is 24.9 Å². The van der Waals surface area contributed by atoms with Gasteiger partial charge in [-0.15, -0.1) is 6.58 Å². The molecular weight excluding hydrogens is 368 g/mol. The summed E-state index contributed by atoms with van der Waals surface area (Å²) in [5.74, 6) is 0. The van der Waals surface area contributed by atoms with Crippen LogP contribution in [0.5, 0.6) is 0 Å². The van der Waals surface area contributed by atoms with E-state index in [1.54, 1.807) is 6.08 Å². The largest absolute Gasteiger partial charge is 0.412 e. The highest BCUT2D eigenvalue weighted by molar-refractivity contribution is 6.74. The van der Waals surface area contributed by atoms with E-state index in [9.17, 15) is 14.7 Å². The van der Waals surface area contributed by atoms with Crippen molar-refractivity contribution in [2.24, 2.45) is 0 Å². The van der Waals surface area contributed by atoms with Crippen molar-refractivity contribution in [1.29, 1.82) is 0 Å². The summed E-state index contributed by atoms with van der Waals surface area (Å²) in [6.45, 7) is 14.4. The maximum absolute atomic E-state index is 12.2. The van der Waals surface area contributed by atoms with Crippen molar-refractivity contribution >= 4 is 8.32 Å². The average molecular weight is 401 g/mol. The summed E-state index contributed by atoms with van der Waals surface area (Å²) in [5, 5.41) is 9.57. The lowest BCUT2D eigenvalue weighted by Gasteiger charge is -2.37. The summed E-state index contributed by atoms with van der Waals surface area (Å²) >= 11 is 0. The van der Waals surface area contributed by atoms with Crippen molar-refractivity contribution in [3.8, 4) is 0 Å². The van der Waals surface area contributed by atoms with Crippen molar-refractivity contribution in [3.63, 3.8) is 0 Å². The van der Waals surface area contributed by atoms with Crippen LogP contribution in [-0.4, -0.2) is 55.5 Å². The maximum atomic E-state index is 12.2. The number of hydrogen-bond donors (Lipinski definition) is 2. The highest BCUT2D eigenvalue weighted by Crippen LogP contribution is 2.37. The molecule has 8 nitrogen and oxygen atoms in total. The van der Waals surface area contributed by atoms with E-state index >= 15 is 0 Å². The van der Waals surface area contributed by atoms with Gasteiger partial charge in [0.2, 0.25) is 0 Å². The zero-order valence-electron chi connectivity index (χ0n) is 16.9. The van der Waals surface area contributed by atoms with Gasteiger partial charge in [-0.05, 0) is 18.1 Å². The van der Waals surface area contributed by atoms with Crippen molar-refractivity contribution in [2.75, 3.05) is 26.4 Å². The van der Waals surface area contributed by atoms with Crippen LogP contribution in [0.4, 0.5) is 0 Å².